The highest BCUT2D eigenvalue weighted by atomic mass is 32.2. The molecule has 0 bridgehead atoms. The molecule has 172 valence electrons. The van der Waals surface area contributed by atoms with Gasteiger partial charge in [-0.3, -0.25) is 10.1 Å². The Morgan fingerprint density at radius 3 is 2.24 bits per heavy atom. The van der Waals surface area contributed by atoms with Crippen molar-refractivity contribution in [1.82, 2.24) is 4.90 Å². The van der Waals surface area contributed by atoms with Crippen LogP contribution in [0.3, 0.4) is 0 Å². The van der Waals surface area contributed by atoms with Crippen LogP contribution < -0.4 is 5.32 Å². The van der Waals surface area contributed by atoms with Crippen LogP contribution in [0.1, 0.15) is 27.4 Å². The number of thioether (sulfide) groups is 1. The fraction of sp³-hybridized carbons (Fsp3) is 0.192. The second-order valence-electron chi connectivity index (χ2n) is 8.12. The average Bonchev–Trinajstić information content (AvgIpc) is 3.46. The normalized spacial score (nSPS) is 16.6. The molecular formula is C26H22N2O5S. The van der Waals surface area contributed by atoms with Gasteiger partial charge >= 0.3 is 12.1 Å². The Morgan fingerprint density at radius 2 is 1.56 bits per heavy atom. The Kier molecular flexibility index (Phi) is 5.98. The standard InChI is InChI=1S/C26H22N2O5S/c29-24(28-15-34-14-23(28)25(30)31)20-11-5-6-12-22(20)27-26(32)33-13-21-18-9-3-1-7-16(18)17-8-2-4-10-19(17)21/h1-12,21,23H,13-15H2,(H,27,32)(H,30,31). The molecule has 7 nitrogen and oxygen atoms in total. The Balaban J connectivity index is 1.30. The van der Waals surface area contributed by atoms with Crippen LogP contribution in [-0.2, 0) is 9.53 Å². The molecule has 2 N–H and O–H groups in total. The number of anilines is 1. The number of nitrogens with zero attached hydrogens (tertiary/aromatic N) is 1. The highest BCUT2D eigenvalue weighted by Gasteiger charge is 2.36. The molecule has 8 heteroatoms. The average molecular weight is 475 g/mol. The van der Waals surface area contributed by atoms with E-state index in [1.54, 1.807) is 24.3 Å². The maximum Gasteiger partial charge on any atom is 0.411 e. The van der Waals surface area contributed by atoms with Crippen molar-refractivity contribution in [1.29, 1.82) is 0 Å². The highest BCUT2D eigenvalue weighted by Crippen LogP contribution is 2.44. The summed E-state index contributed by atoms with van der Waals surface area (Å²) in [6.07, 6.45) is -0.673. The molecule has 2 amide bonds. The molecule has 1 aliphatic carbocycles. The molecule has 1 unspecified atom stereocenters. The minimum Gasteiger partial charge on any atom is -0.480 e. The largest absolute Gasteiger partial charge is 0.480 e. The topological polar surface area (TPSA) is 95.9 Å². The van der Waals surface area contributed by atoms with E-state index in [1.807, 2.05) is 36.4 Å². The van der Waals surface area contributed by atoms with Gasteiger partial charge in [0, 0.05) is 11.7 Å². The van der Waals surface area contributed by atoms with Crippen molar-refractivity contribution in [3.63, 3.8) is 0 Å². The second-order valence-corrected chi connectivity index (χ2v) is 9.12. The summed E-state index contributed by atoms with van der Waals surface area (Å²) in [6.45, 7) is 0.153. The molecule has 0 radical (unpaired) electrons. The first-order chi connectivity index (χ1) is 16.5. The molecule has 1 atom stereocenters. The third-order valence-corrected chi connectivity index (χ3v) is 7.18. The summed E-state index contributed by atoms with van der Waals surface area (Å²) in [5.41, 5.74) is 5.01. The van der Waals surface area contributed by atoms with Crippen molar-refractivity contribution in [2.45, 2.75) is 12.0 Å². The van der Waals surface area contributed by atoms with E-state index in [1.165, 1.54) is 16.7 Å². The third kappa shape index (κ3) is 4.01. The molecule has 1 saturated heterocycles. The molecule has 0 aromatic heterocycles. The van der Waals surface area contributed by atoms with Crippen LogP contribution in [0.15, 0.2) is 72.8 Å². The number of carboxylic acids is 1. The van der Waals surface area contributed by atoms with Gasteiger partial charge < -0.3 is 14.7 Å². The van der Waals surface area contributed by atoms with Crippen molar-refractivity contribution in [2.24, 2.45) is 0 Å². The SMILES string of the molecule is O=C(Nc1ccccc1C(=O)N1CSCC1C(=O)O)OCC1c2ccccc2-c2ccccc21. The molecule has 0 spiro atoms. The minimum atomic E-state index is -1.04. The van der Waals surface area contributed by atoms with Gasteiger partial charge in [-0.05, 0) is 34.4 Å². The van der Waals surface area contributed by atoms with E-state index in [4.69, 9.17) is 4.74 Å². The molecule has 1 fully saturated rings. The fourth-order valence-electron chi connectivity index (χ4n) is 4.53. The van der Waals surface area contributed by atoms with Gasteiger partial charge in [-0.15, -0.1) is 11.8 Å². The van der Waals surface area contributed by atoms with Crippen LogP contribution in [0.5, 0.6) is 0 Å². The zero-order chi connectivity index (χ0) is 23.7. The smallest absolute Gasteiger partial charge is 0.411 e. The van der Waals surface area contributed by atoms with E-state index in [0.29, 0.717) is 5.75 Å². The summed E-state index contributed by atoms with van der Waals surface area (Å²) in [5, 5.41) is 12.1. The lowest BCUT2D eigenvalue weighted by Crippen LogP contribution is -2.42. The van der Waals surface area contributed by atoms with Gasteiger partial charge in [-0.1, -0.05) is 60.7 Å². The Labute approximate surface area is 200 Å². The van der Waals surface area contributed by atoms with Crippen LogP contribution >= 0.6 is 11.8 Å². The predicted octanol–water partition coefficient (Wildman–Crippen LogP) is 4.65. The summed E-state index contributed by atoms with van der Waals surface area (Å²) in [4.78, 5) is 38.6. The minimum absolute atomic E-state index is 0.0759. The number of carbonyl (C=O) groups excluding carboxylic acids is 2. The monoisotopic (exact) mass is 474 g/mol. The van der Waals surface area contributed by atoms with Crippen molar-refractivity contribution in [3.05, 3.63) is 89.5 Å². The van der Waals surface area contributed by atoms with Crippen LogP contribution in [0.25, 0.3) is 11.1 Å². The van der Waals surface area contributed by atoms with Crippen LogP contribution in [0.4, 0.5) is 10.5 Å². The molecule has 34 heavy (non-hydrogen) atoms. The van der Waals surface area contributed by atoms with E-state index in [2.05, 4.69) is 17.4 Å². The lowest BCUT2D eigenvalue weighted by atomic mass is 9.98. The number of hydrogen-bond donors (Lipinski definition) is 2. The Morgan fingerprint density at radius 1 is 0.941 bits per heavy atom. The van der Waals surface area contributed by atoms with E-state index >= 15 is 0 Å². The van der Waals surface area contributed by atoms with Gasteiger partial charge in [-0.25, -0.2) is 9.59 Å². The summed E-state index contributed by atoms with van der Waals surface area (Å²) in [7, 11) is 0. The first-order valence-corrected chi connectivity index (χ1v) is 12.0. The molecule has 5 rings (SSSR count). The Bertz CT molecular complexity index is 1230. The molecule has 1 aliphatic heterocycles. The third-order valence-electron chi connectivity index (χ3n) is 6.17. The number of aliphatic carboxylic acids is 1. The van der Waals surface area contributed by atoms with Gasteiger partial charge in [0.05, 0.1) is 17.1 Å². The first-order valence-electron chi connectivity index (χ1n) is 10.9. The van der Waals surface area contributed by atoms with Gasteiger partial charge in [-0.2, -0.15) is 0 Å². The van der Waals surface area contributed by atoms with Gasteiger partial charge in [0.25, 0.3) is 5.91 Å². The number of nitrogens with one attached hydrogen (secondary N) is 1. The van der Waals surface area contributed by atoms with E-state index in [-0.39, 0.29) is 29.7 Å². The van der Waals surface area contributed by atoms with Gasteiger partial charge in [0.15, 0.2) is 0 Å². The maximum atomic E-state index is 13.1. The van der Waals surface area contributed by atoms with E-state index in [0.717, 1.165) is 22.3 Å². The van der Waals surface area contributed by atoms with Crippen LogP contribution in [0, 0.1) is 0 Å². The van der Waals surface area contributed by atoms with Crippen molar-refractivity contribution >= 4 is 35.4 Å². The number of fused-ring (bicyclic) bond motifs is 3. The number of para-hydroxylation sites is 1. The summed E-state index contributed by atoms with van der Waals surface area (Å²) >= 11 is 1.38. The van der Waals surface area contributed by atoms with E-state index in [9.17, 15) is 19.5 Å². The molecule has 3 aromatic rings. The molecule has 2 aliphatic rings. The number of ether oxygens (including phenoxy) is 1. The molecular weight excluding hydrogens is 452 g/mol. The number of carbonyl (C=O) groups is 3. The molecule has 0 saturated carbocycles. The Hall–Kier alpha value is -3.78. The number of rotatable bonds is 5. The van der Waals surface area contributed by atoms with Gasteiger partial charge in [0.2, 0.25) is 0 Å². The molecule has 3 aromatic carbocycles. The predicted molar refractivity (Wildman–Crippen MR) is 130 cm³/mol. The molecule has 1 heterocycles. The zero-order valence-electron chi connectivity index (χ0n) is 18.1. The van der Waals surface area contributed by atoms with E-state index < -0.39 is 24.0 Å². The maximum absolute atomic E-state index is 13.1. The highest BCUT2D eigenvalue weighted by molar-refractivity contribution is 7.99. The summed E-state index contributed by atoms with van der Waals surface area (Å²) in [6, 6.07) is 21.8. The number of amides is 2. The lowest BCUT2D eigenvalue weighted by molar-refractivity contribution is -0.140. The fourth-order valence-corrected chi connectivity index (χ4v) is 5.67. The number of hydrogen-bond acceptors (Lipinski definition) is 5. The summed E-state index contributed by atoms with van der Waals surface area (Å²) < 4.78 is 5.59. The van der Waals surface area contributed by atoms with Crippen molar-refractivity contribution in [3.8, 4) is 11.1 Å². The first kappa shape index (κ1) is 22.0. The number of benzene rings is 3. The lowest BCUT2D eigenvalue weighted by Gasteiger charge is -2.22. The quantitative estimate of drug-likeness (QED) is 0.559. The van der Waals surface area contributed by atoms with Crippen LogP contribution in [-0.4, -0.2) is 52.3 Å². The van der Waals surface area contributed by atoms with Crippen LogP contribution in [0.2, 0.25) is 0 Å². The second kappa shape index (κ2) is 9.23. The van der Waals surface area contributed by atoms with Gasteiger partial charge in [0.1, 0.15) is 12.6 Å². The zero-order valence-corrected chi connectivity index (χ0v) is 19.0. The number of carboxylic acid groups (broad SMARTS) is 1. The van der Waals surface area contributed by atoms with Crippen molar-refractivity contribution in [2.75, 3.05) is 23.6 Å². The van der Waals surface area contributed by atoms with Crippen molar-refractivity contribution < 1.29 is 24.2 Å². The summed E-state index contributed by atoms with van der Waals surface area (Å²) in [5.74, 6) is -0.932.